The van der Waals surface area contributed by atoms with Crippen LogP contribution in [0.1, 0.15) is 37.7 Å². The van der Waals surface area contributed by atoms with E-state index in [9.17, 15) is 13.2 Å². The van der Waals surface area contributed by atoms with Crippen molar-refractivity contribution in [3.8, 4) is 0 Å². The second-order valence-electron chi connectivity index (χ2n) is 4.45. The lowest BCUT2D eigenvalue weighted by Crippen LogP contribution is -2.19. The summed E-state index contributed by atoms with van der Waals surface area (Å²) in [6, 6.07) is 3.69. The number of benzene rings is 1. The predicted molar refractivity (Wildman–Crippen MR) is 67.6 cm³/mol. The van der Waals surface area contributed by atoms with Crippen LogP contribution in [0.3, 0.4) is 0 Å². The number of nitrogens with zero attached hydrogens (tertiary/aromatic N) is 2. The molecule has 0 fully saturated rings. The molecule has 0 saturated heterocycles. The summed E-state index contributed by atoms with van der Waals surface area (Å²) in [5.74, 6) is 0. The lowest BCUT2D eigenvalue weighted by molar-refractivity contribution is -0.137. The summed E-state index contributed by atoms with van der Waals surface area (Å²) in [6.07, 6.45) is -3.50. The Morgan fingerprint density at radius 1 is 1.32 bits per heavy atom. The average Bonchev–Trinajstić information content (AvgIpc) is 2.74. The number of nitrogens with two attached hydrogens (primary N) is 1. The summed E-state index contributed by atoms with van der Waals surface area (Å²) in [4.78, 5) is 0. The fraction of sp³-hybridized carbons (Fsp3) is 0.462. The van der Waals surface area contributed by atoms with Gasteiger partial charge in [-0.3, -0.25) is 0 Å². The topological polar surface area (TPSA) is 43.8 Å². The highest BCUT2D eigenvalue weighted by molar-refractivity contribution is 5.83. The normalized spacial score (nSPS) is 14.0. The molecule has 1 atom stereocenters. The lowest BCUT2D eigenvalue weighted by Gasteiger charge is -2.12. The van der Waals surface area contributed by atoms with Crippen molar-refractivity contribution in [1.29, 1.82) is 0 Å². The zero-order chi connectivity index (χ0) is 14.2. The standard InChI is InChI=1S/C13H16F3N3/c1-3-10-9-6-5-8(13(14,15)16)7-11(9)19(18-10)12(17)4-2/h5-7,12H,3-4,17H2,1-2H3. The number of hydrogen-bond donors (Lipinski definition) is 1. The molecule has 0 aliphatic rings. The summed E-state index contributed by atoms with van der Waals surface area (Å²) in [6.45, 7) is 3.79. The van der Waals surface area contributed by atoms with Crippen molar-refractivity contribution in [2.24, 2.45) is 5.73 Å². The van der Waals surface area contributed by atoms with E-state index in [1.807, 2.05) is 13.8 Å². The van der Waals surface area contributed by atoms with E-state index in [2.05, 4.69) is 5.10 Å². The first-order valence-corrected chi connectivity index (χ1v) is 6.22. The molecule has 6 heteroatoms. The SMILES string of the molecule is CCc1nn(C(N)CC)c2cc(C(F)(F)F)ccc12. The number of halogens is 3. The van der Waals surface area contributed by atoms with Crippen LogP contribution in [0, 0.1) is 0 Å². The van der Waals surface area contributed by atoms with Gasteiger partial charge in [-0.15, -0.1) is 0 Å². The highest BCUT2D eigenvalue weighted by atomic mass is 19.4. The molecule has 0 spiro atoms. The number of aryl methyl sites for hydroxylation is 1. The van der Waals surface area contributed by atoms with Gasteiger partial charge in [-0.05, 0) is 25.0 Å². The van der Waals surface area contributed by atoms with Gasteiger partial charge >= 0.3 is 6.18 Å². The first-order chi connectivity index (χ1) is 8.88. The molecule has 1 aromatic carbocycles. The first-order valence-electron chi connectivity index (χ1n) is 6.22. The van der Waals surface area contributed by atoms with Crippen LogP contribution in [0.25, 0.3) is 10.9 Å². The molecular formula is C13H16F3N3. The van der Waals surface area contributed by atoms with Gasteiger partial charge < -0.3 is 5.73 Å². The van der Waals surface area contributed by atoms with Crippen LogP contribution in [0.4, 0.5) is 13.2 Å². The van der Waals surface area contributed by atoms with E-state index in [1.54, 1.807) is 0 Å². The molecule has 1 aromatic heterocycles. The van der Waals surface area contributed by atoms with Gasteiger partial charge in [0.15, 0.2) is 0 Å². The van der Waals surface area contributed by atoms with Crippen LogP contribution in [0.15, 0.2) is 18.2 Å². The van der Waals surface area contributed by atoms with Crippen molar-refractivity contribution in [2.75, 3.05) is 0 Å². The van der Waals surface area contributed by atoms with Crippen LogP contribution in [-0.4, -0.2) is 9.78 Å². The molecule has 3 nitrogen and oxygen atoms in total. The highest BCUT2D eigenvalue weighted by Crippen LogP contribution is 2.32. The molecule has 104 valence electrons. The third kappa shape index (κ3) is 2.45. The molecule has 1 heterocycles. The fourth-order valence-corrected chi connectivity index (χ4v) is 2.07. The van der Waals surface area contributed by atoms with Crippen molar-refractivity contribution >= 4 is 10.9 Å². The molecule has 1 unspecified atom stereocenters. The van der Waals surface area contributed by atoms with Crippen LogP contribution < -0.4 is 5.73 Å². The average molecular weight is 271 g/mol. The zero-order valence-corrected chi connectivity index (χ0v) is 10.8. The monoisotopic (exact) mass is 271 g/mol. The molecule has 2 aromatic rings. The third-order valence-electron chi connectivity index (χ3n) is 3.18. The number of alkyl halides is 3. The van der Waals surface area contributed by atoms with E-state index in [1.165, 1.54) is 10.7 Å². The molecule has 0 saturated carbocycles. The minimum absolute atomic E-state index is 0.411. The molecule has 19 heavy (non-hydrogen) atoms. The Bertz CT molecular complexity index is 587. The van der Waals surface area contributed by atoms with Gasteiger partial charge in [-0.25, -0.2) is 4.68 Å². The summed E-state index contributed by atoms with van der Waals surface area (Å²) in [7, 11) is 0. The zero-order valence-electron chi connectivity index (χ0n) is 10.8. The second-order valence-corrected chi connectivity index (χ2v) is 4.45. The van der Waals surface area contributed by atoms with Crippen LogP contribution in [0.5, 0.6) is 0 Å². The molecule has 0 aliphatic heterocycles. The van der Waals surface area contributed by atoms with Gasteiger partial charge in [0.1, 0.15) is 0 Å². The molecule has 0 radical (unpaired) electrons. The van der Waals surface area contributed by atoms with E-state index in [0.717, 1.165) is 23.2 Å². The molecule has 2 N–H and O–H groups in total. The third-order valence-corrected chi connectivity index (χ3v) is 3.18. The fourth-order valence-electron chi connectivity index (χ4n) is 2.07. The van der Waals surface area contributed by atoms with E-state index >= 15 is 0 Å². The van der Waals surface area contributed by atoms with Crippen molar-refractivity contribution in [3.05, 3.63) is 29.5 Å². The summed E-state index contributed by atoms with van der Waals surface area (Å²) >= 11 is 0. The molecule has 0 bridgehead atoms. The minimum atomic E-state index is -4.36. The first kappa shape index (κ1) is 13.9. The van der Waals surface area contributed by atoms with Gasteiger partial charge in [-0.2, -0.15) is 18.3 Å². The van der Waals surface area contributed by atoms with Gasteiger partial charge in [0, 0.05) is 5.39 Å². The smallest absolute Gasteiger partial charge is 0.310 e. The van der Waals surface area contributed by atoms with Crippen molar-refractivity contribution < 1.29 is 13.2 Å². The molecular weight excluding hydrogens is 255 g/mol. The molecule has 0 aliphatic carbocycles. The largest absolute Gasteiger partial charge is 0.416 e. The number of fused-ring (bicyclic) bond motifs is 1. The Morgan fingerprint density at radius 3 is 2.53 bits per heavy atom. The molecule has 2 rings (SSSR count). The number of aromatic nitrogens is 2. The Hall–Kier alpha value is -1.56. The molecule has 0 amide bonds. The van der Waals surface area contributed by atoms with Gasteiger partial charge in [0.2, 0.25) is 0 Å². The summed E-state index contributed by atoms with van der Waals surface area (Å²) in [5, 5.41) is 5.06. The van der Waals surface area contributed by atoms with Crippen molar-refractivity contribution in [1.82, 2.24) is 9.78 Å². The minimum Gasteiger partial charge on any atom is -0.310 e. The van der Waals surface area contributed by atoms with Gasteiger partial charge in [0.05, 0.1) is 22.9 Å². The second kappa shape index (κ2) is 4.85. The Kier molecular flexibility index (Phi) is 3.54. The number of rotatable bonds is 3. The summed E-state index contributed by atoms with van der Waals surface area (Å²) < 4.78 is 39.8. The Labute approximate surface area is 109 Å². The van der Waals surface area contributed by atoms with E-state index in [0.29, 0.717) is 18.4 Å². The Balaban J connectivity index is 2.68. The van der Waals surface area contributed by atoms with Gasteiger partial charge in [-0.1, -0.05) is 19.9 Å². The van der Waals surface area contributed by atoms with Crippen LogP contribution >= 0.6 is 0 Å². The Morgan fingerprint density at radius 2 is 2.00 bits per heavy atom. The maximum Gasteiger partial charge on any atom is 0.416 e. The van der Waals surface area contributed by atoms with E-state index < -0.39 is 17.9 Å². The van der Waals surface area contributed by atoms with Crippen LogP contribution in [0.2, 0.25) is 0 Å². The maximum absolute atomic E-state index is 12.8. The van der Waals surface area contributed by atoms with Crippen LogP contribution in [-0.2, 0) is 12.6 Å². The lowest BCUT2D eigenvalue weighted by atomic mass is 10.1. The van der Waals surface area contributed by atoms with E-state index in [4.69, 9.17) is 5.73 Å². The van der Waals surface area contributed by atoms with Gasteiger partial charge in [0.25, 0.3) is 0 Å². The summed E-state index contributed by atoms with van der Waals surface area (Å²) in [5.41, 5.74) is 6.45. The predicted octanol–water partition coefficient (Wildman–Crippen LogP) is 3.48. The maximum atomic E-state index is 12.8. The number of hydrogen-bond acceptors (Lipinski definition) is 2. The van der Waals surface area contributed by atoms with Crippen molar-refractivity contribution in [3.63, 3.8) is 0 Å². The quantitative estimate of drug-likeness (QED) is 0.928. The van der Waals surface area contributed by atoms with E-state index in [-0.39, 0.29) is 0 Å². The highest BCUT2D eigenvalue weighted by Gasteiger charge is 2.31. The van der Waals surface area contributed by atoms with Crippen molar-refractivity contribution in [2.45, 2.75) is 39.0 Å².